The molecule has 4 N–H and O–H groups in total. The van der Waals surface area contributed by atoms with Crippen molar-refractivity contribution in [2.75, 3.05) is 0 Å². The highest BCUT2D eigenvalue weighted by Gasteiger charge is 2.34. The Morgan fingerprint density at radius 2 is 1.64 bits per heavy atom. The summed E-state index contributed by atoms with van der Waals surface area (Å²) in [4.78, 5) is 5.36. The Hall–Kier alpha value is -3.39. The van der Waals surface area contributed by atoms with E-state index in [0.29, 0.717) is 4.90 Å². The Labute approximate surface area is 193 Å². The first-order valence-electron chi connectivity index (χ1n) is 10.9. The van der Waals surface area contributed by atoms with Crippen LogP contribution in [0, 0.1) is 0 Å². The molecule has 5 aromatic rings. The summed E-state index contributed by atoms with van der Waals surface area (Å²) in [6.07, 6.45) is 8.99. The molecule has 0 amide bonds. The molecule has 6 nitrogen and oxygen atoms in total. The first-order chi connectivity index (χ1) is 16.0. The molecule has 33 heavy (non-hydrogen) atoms. The molecule has 0 bridgehead atoms. The van der Waals surface area contributed by atoms with E-state index in [0.717, 1.165) is 51.5 Å². The maximum Gasteiger partial charge on any atom is 0.162 e. The molecule has 0 saturated heterocycles. The van der Waals surface area contributed by atoms with Gasteiger partial charge < -0.3 is 5.73 Å². The van der Waals surface area contributed by atoms with E-state index in [-0.39, 0.29) is 5.54 Å². The fourth-order valence-corrected chi connectivity index (χ4v) is 5.33. The Kier molecular flexibility index (Phi) is 4.65. The minimum Gasteiger partial charge on any atom is -0.321 e. The minimum absolute atomic E-state index is 0.160. The minimum atomic E-state index is -1.56. The van der Waals surface area contributed by atoms with Crippen LogP contribution in [0.4, 0.5) is 0 Å². The summed E-state index contributed by atoms with van der Waals surface area (Å²) in [5, 5.41) is 12.1. The standard InChI is InChI=1S/C26H23N5OS/c27-26(12-3-13-26)19-8-6-17(7-9-19)18-14-29-25-23(15-30-31(25)16-18)21-10-11-24(33(28)32)22-5-2-1-4-20(21)22/h1-2,4-11,14-16H,3,12-13,27-28H2. The number of nitrogens with two attached hydrogens (primary N) is 2. The van der Waals surface area contributed by atoms with E-state index in [1.807, 2.05) is 55.0 Å². The predicted molar refractivity (Wildman–Crippen MR) is 132 cm³/mol. The SMILES string of the molecule is NS(=O)c1ccc(-c2cnn3cc(-c4ccc(C5(N)CCC5)cc4)cnc23)c2ccccc12. The van der Waals surface area contributed by atoms with Crippen LogP contribution in [0.1, 0.15) is 24.8 Å². The van der Waals surface area contributed by atoms with Crippen molar-refractivity contribution in [1.82, 2.24) is 14.6 Å². The molecule has 1 aliphatic carbocycles. The summed E-state index contributed by atoms with van der Waals surface area (Å²) in [6, 6.07) is 20.1. The van der Waals surface area contributed by atoms with E-state index >= 15 is 0 Å². The fourth-order valence-electron chi connectivity index (χ4n) is 4.74. The van der Waals surface area contributed by atoms with E-state index in [1.54, 1.807) is 4.52 Å². The van der Waals surface area contributed by atoms with Gasteiger partial charge in [0.15, 0.2) is 5.65 Å². The third-order valence-electron chi connectivity index (χ3n) is 6.79. The van der Waals surface area contributed by atoms with Gasteiger partial charge in [-0.25, -0.2) is 18.8 Å². The summed E-state index contributed by atoms with van der Waals surface area (Å²) < 4.78 is 13.8. The van der Waals surface area contributed by atoms with Gasteiger partial charge in [-0.3, -0.25) is 0 Å². The Balaban J connectivity index is 1.41. The Morgan fingerprint density at radius 3 is 2.33 bits per heavy atom. The van der Waals surface area contributed by atoms with Crippen molar-refractivity contribution in [2.45, 2.75) is 29.7 Å². The van der Waals surface area contributed by atoms with Crippen LogP contribution in [0.5, 0.6) is 0 Å². The van der Waals surface area contributed by atoms with Gasteiger partial charge >= 0.3 is 0 Å². The van der Waals surface area contributed by atoms with Gasteiger partial charge in [-0.1, -0.05) is 54.6 Å². The van der Waals surface area contributed by atoms with Crippen LogP contribution in [0.25, 0.3) is 38.7 Å². The van der Waals surface area contributed by atoms with Gasteiger partial charge in [0.25, 0.3) is 0 Å². The topological polar surface area (TPSA) is 99.3 Å². The first kappa shape index (κ1) is 20.2. The fraction of sp³-hybridized carbons (Fsp3) is 0.154. The van der Waals surface area contributed by atoms with Crippen LogP contribution in [0.2, 0.25) is 0 Å². The molecule has 3 aromatic carbocycles. The Bertz CT molecular complexity index is 1540. The Morgan fingerprint density at radius 1 is 0.879 bits per heavy atom. The lowest BCUT2D eigenvalue weighted by Crippen LogP contribution is -2.43. The lowest BCUT2D eigenvalue weighted by Gasteiger charge is -2.38. The molecule has 164 valence electrons. The molecule has 0 aliphatic heterocycles. The normalized spacial score (nSPS) is 16.1. The van der Waals surface area contributed by atoms with Crippen molar-refractivity contribution in [3.63, 3.8) is 0 Å². The average molecular weight is 454 g/mol. The van der Waals surface area contributed by atoms with Gasteiger partial charge in [0.1, 0.15) is 11.0 Å². The molecule has 0 spiro atoms. The molecule has 1 unspecified atom stereocenters. The second-order valence-corrected chi connectivity index (χ2v) is 9.75. The van der Waals surface area contributed by atoms with Crippen molar-refractivity contribution in [3.8, 4) is 22.3 Å². The van der Waals surface area contributed by atoms with Crippen LogP contribution < -0.4 is 10.9 Å². The van der Waals surface area contributed by atoms with E-state index in [1.165, 1.54) is 12.0 Å². The van der Waals surface area contributed by atoms with E-state index in [9.17, 15) is 4.21 Å². The van der Waals surface area contributed by atoms with Gasteiger partial charge in [-0.2, -0.15) is 5.10 Å². The number of hydrogen-bond acceptors (Lipinski definition) is 4. The quantitative estimate of drug-likeness (QED) is 0.417. The number of aromatic nitrogens is 3. The van der Waals surface area contributed by atoms with Gasteiger partial charge in [-0.05, 0) is 52.8 Å². The van der Waals surface area contributed by atoms with Crippen LogP contribution in [0.15, 0.2) is 84.1 Å². The monoisotopic (exact) mass is 453 g/mol. The zero-order valence-corrected chi connectivity index (χ0v) is 18.8. The van der Waals surface area contributed by atoms with Crippen molar-refractivity contribution in [2.24, 2.45) is 10.9 Å². The third kappa shape index (κ3) is 3.28. The molecule has 1 aliphatic rings. The number of benzene rings is 3. The van der Waals surface area contributed by atoms with Gasteiger partial charge in [-0.15, -0.1) is 0 Å². The number of fused-ring (bicyclic) bond motifs is 2. The largest absolute Gasteiger partial charge is 0.321 e. The molecular formula is C26H23N5OS. The molecule has 2 aromatic heterocycles. The highest BCUT2D eigenvalue weighted by molar-refractivity contribution is 7.83. The van der Waals surface area contributed by atoms with Crippen molar-refractivity contribution in [1.29, 1.82) is 0 Å². The molecule has 1 saturated carbocycles. The summed E-state index contributed by atoms with van der Waals surface area (Å²) >= 11 is 0. The first-order valence-corrected chi connectivity index (χ1v) is 12.2. The second-order valence-electron chi connectivity index (χ2n) is 8.71. The lowest BCUT2D eigenvalue weighted by atomic mass is 9.72. The highest BCUT2D eigenvalue weighted by atomic mass is 32.2. The number of rotatable bonds is 4. The van der Waals surface area contributed by atoms with E-state index in [2.05, 4.69) is 29.4 Å². The third-order valence-corrected chi connectivity index (χ3v) is 7.58. The number of nitrogens with zero attached hydrogens (tertiary/aromatic N) is 3. The zero-order valence-electron chi connectivity index (χ0n) is 17.9. The van der Waals surface area contributed by atoms with Crippen molar-refractivity contribution >= 4 is 27.4 Å². The molecule has 6 rings (SSSR count). The van der Waals surface area contributed by atoms with Crippen LogP contribution in [0.3, 0.4) is 0 Å². The molecule has 1 atom stereocenters. The van der Waals surface area contributed by atoms with Crippen LogP contribution in [-0.4, -0.2) is 18.8 Å². The predicted octanol–water partition coefficient (Wildman–Crippen LogP) is 4.54. The number of hydrogen-bond donors (Lipinski definition) is 2. The summed E-state index contributed by atoms with van der Waals surface area (Å²) in [6.45, 7) is 0. The van der Waals surface area contributed by atoms with Gasteiger partial charge in [0, 0.05) is 29.1 Å². The van der Waals surface area contributed by atoms with Crippen molar-refractivity contribution in [3.05, 3.63) is 84.8 Å². The van der Waals surface area contributed by atoms with Gasteiger partial charge in [0.05, 0.1) is 11.1 Å². The lowest BCUT2D eigenvalue weighted by molar-refractivity contribution is 0.253. The van der Waals surface area contributed by atoms with Crippen LogP contribution >= 0.6 is 0 Å². The summed E-state index contributed by atoms with van der Waals surface area (Å²) in [5.74, 6) is 0. The molecule has 1 fully saturated rings. The zero-order chi connectivity index (χ0) is 22.6. The maximum absolute atomic E-state index is 12.0. The van der Waals surface area contributed by atoms with E-state index in [4.69, 9.17) is 15.9 Å². The summed E-state index contributed by atoms with van der Waals surface area (Å²) in [5.41, 5.74) is 12.2. The van der Waals surface area contributed by atoms with Gasteiger partial charge in [0.2, 0.25) is 0 Å². The molecule has 7 heteroatoms. The second kappa shape index (κ2) is 7.59. The highest BCUT2D eigenvalue weighted by Crippen LogP contribution is 2.39. The molecular weight excluding hydrogens is 430 g/mol. The van der Waals surface area contributed by atoms with Crippen molar-refractivity contribution < 1.29 is 4.21 Å². The molecule has 0 radical (unpaired) electrons. The molecule has 2 heterocycles. The smallest absolute Gasteiger partial charge is 0.162 e. The van der Waals surface area contributed by atoms with Crippen LogP contribution in [-0.2, 0) is 16.5 Å². The average Bonchev–Trinajstić information content (AvgIpc) is 3.25. The maximum atomic E-state index is 12.0. The van der Waals surface area contributed by atoms with E-state index < -0.39 is 11.0 Å². The summed E-state index contributed by atoms with van der Waals surface area (Å²) in [7, 11) is -1.56.